The van der Waals surface area contributed by atoms with Crippen molar-refractivity contribution in [2.45, 2.75) is 17.7 Å². The third kappa shape index (κ3) is 6.84. The first-order chi connectivity index (χ1) is 14.8. The first-order valence-corrected chi connectivity index (χ1v) is 11.4. The molecule has 0 radical (unpaired) electrons. The topological polar surface area (TPSA) is 123 Å². The summed E-state index contributed by atoms with van der Waals surface area (Å²) in [5.74, 6) is -0.0198. The number of hydrogen-bond acceptors (Lipinski definition) is 6. The zero-order chi connectivity index (χ0) is 22.3. The first-order valence-electron chi connectivity index (χ1n) is 9.55. The number of rotatable bonds is 8. The normalized spacial score (nSPS) is 13.2. The summed E-state index contributed by atoms with van der Waals surface area (Å²) in [5.41, 5.74) is 0.548. The standard InChI is InChI=1S/C20H22ClN3O6S/c21-14-2-4-15(5-3-14)24-20(26)13-22-19(25)8-9-23-31(27,28)16-6-7-17-18(12-16)30-11-1-10-29-17/h2-7,12,23H,1,8-11,13H2,(H,22,25)(H,24,26). The van der Waals surface area contributed by atoms with Gasteiger partial charge in [-0.25, -0.2) is 13.1 Å². The predicted octanol–water partition coefficient (Wildman–Crippen LogP) is 1.92. The molecule has 11 heteroatoms. The number of nitrogens with one attached hydrogen (secondary N) is 3. The Morgan fingerprint density at radius 3 is 2.42 bits per heavy atom. The molecule has 3 rings (SSSR count). The average Bonchev–Trinajstić information content (AvgIpc) is 2.99. The maximum atomic E-state index is 12.5. The van der Waals surface area contributed by atoms with Gasteiger partial charge in [0.15, 0.2) is 11.5 Å². The van der Waals surface area contributed by atoms with E-state index >= 15 is 0 Å². The van der Waals surface area contributed by atoms with Crippen molar-refractivity contribution in [3.05, 3.63) is 47.5 Å². The van der Waals surface area contributed by atoms with Crippen LogP contribution in [-0.2, 0) is 19.6 Å². The van der Waals surface area contributed by atoms with Crippen LogP contribution in [0.25, 0.3) is 0 Å². The van der Waals surface area contributed by atoms with Crippen LogP contribution in [0.15, 0.2) is 47.4 Å². The number of fused-ring (bicyclic) bond motifs is 1. The van der Waals surface area contributed by atoms with E-state index < -0.39 is 21.8 Å². The minimum atomic E-state index is -3.83. The molecule has 1 aliphatic rings. The summed E-state index contributed by atoms with van der Waals surface area (Å²) >= 11 is 5.78. The van der Waals surface area contributed by atoms with Crippen LogP contribution in [0.4, 0.5) is 5.69 Å². The number of carbonyl (C=O) groups excluding carboxylic acids is 2. The Kier molecular flexibility index (Phi) is 7.72. The molecule has 0 atom stereocenters. The molecule has 2 aromatic carbocycles. The van der Waals surface area contributed by atoms with Crippen molar-refractivity contribution in [3.8, 4) is 11.5 Å². The van der Waals surface area contributed by atoms with Crippen molar-refractivity contribution in [3.63, 3.8) is 0 Å². The smallest absolute Gasteiger partial charge is 0.243 e. The second-order valence-electron chi connectivity index (χ2n) is 6.64. The summed E-state index contributed by atoms with van der Waals surface area (Å²) in [7, 11) is -3.83. The van der Waals surface area contributed by atoms with E-state index in [1.54, 1.807) is 30.3 Å². The second-order valence-corrected chi connectivity index (χ2v) is 8.84. The van der Waals surface area contributed by atoms with Gasteiger partial charge in [0.25, 0.3) is 0 Å². The van der Waals surface area contributed by atoms with Crippen LogP contribution in [0.3, 0.4) is 0 Å². The molecule has 1 heterocycles. The Morgan fingerprint density at radius 2 is 1.68 bits per heavy atom. The van der Waals surface area contributed by atoms with E-state index in [9.17, 15) is 18.0 Å². The van der Waals surface area contributed by atoms with Crippen LogP contribution in [0.1, 0.15) is 12.8 Å². The van der Waals surface area contributed by atoms with Crippen LogP contribution in [0.5, 0.6) is 11.5 Å². The molecule has 0 aromatic heterocycles. The van der Waals surface area contributed by atoms with Gasteiger partial charge in [0, 0.05) is 36.2 Å². The van der Waals surface area contributed by atoms with Gasteiger partial charge in [-0.15, -0.1) is 0 Å². The highest BCUT2D eigenvalue weighted by Crippen LogP contribution is 2.31. The Labute approximate surface area is 185 Å². The van der Waals surface area contributed by atoms with Crippen LogP contribution in [0, 0.1) is 0 Å². The predicted molar refractivity (Wildman–Crippen MR) is 115 cm³/mol. The van der Waals surface area contributed by atoms with Gasteiger partial charge in [-0.2, -0.15) is 0 Å². The molecule has 31 heavy (non-hydrogen) atoms. The van der Waals surface area contributed by atoms with Crippen LogP contribution < -0.4 is 24.8 Å². The number of ether oxygens (including phenoxy) is 2. The molecule has 0 unspecified atom stereocenters. The molecule has 9 nitrogen and oxygen atoms in total. The minimum Gasteiger partial charge on any atom is -0.490 e. The van der Waals surface area contributed by atoms with Crippen molar-refractivity contribution in [1.82, 2.24) is 10.0 Å². The van der Waals surface area contributed by atoms with Gasteiger partial charge in [0.1, 0.15) is 0 Å². The monoisotopic (exact) mass is 467 g/mol. The molecular weight excluding hydrogens is 446 g/mol. The molecule has 1 aliphatic heterocycles. The van der Waals surface area contributed by atoms with E-state index in [0.717, 1.165) is 0 Å². The van der Waals surface area contributed by atoms with Gasteiger partial charge in [0.2, 0.25) is 21.8 Å². The summed E-state index contributed by atoms with van der Waals surface area (Å²) in [6.45, 7) is 0.581. The number of hydrogen-bond donors (Lipinski definition) is 3. The lowest BCUT2D eigenvalue weighted by Gasteiger charge is -2.11. The quantitative estimate of drug-likeness (QED) is 0.545. The van der Waals surface area contributed by atoms with E-state index in [4.69, 9.17) is 21.1 Å². The molecule has 0 spiro atoms. The number of anilines is 1. The molecule has 3 N–H and O–H groups in total. The Balaban J connectivity index is 1.43. The molecule has 2 aromatic rings. The lowest BCUT2D eigenvalue weighted by Crippen LogP contribution is -2.35. The fourth-order valence-corrected chi connectivity index (χ4v) is 3.87. The van der Waals surface area contributed by atoms with Crippen molar-refractivity contribution in [2.24, 2.45) is 0 Å². The summed E-state index contributed by atoms with van der Waals surface area (Å²) in [6, 6.07) is 10.9. The molecule has 0 saturated heterocycles. The first kappa shape index (κ1) is 22.9. The third-order valence-corrected chi connectivity index (χ3v) is 5.96. The third-order valence-electron chi connectivity index (χ3n) is 4.25. The van der Waals surface area contributed by atoms with E-state index in [1.165, 1.54) is 12.1 Å². The molecule has 0 fully saturated rings. The number of benzene rings is 2. The van der Waals surface area contributed by atoms with Gasteiger partial charge in [-0.1, -0.05) is 11.6 Å². The summed E-state index contributed by atoms with van der Waals surface area (Å²) in [4.78, 5) is 23.8. The highest BCUT2D eigenvalue weighted by molar-refractivity contribution is 7.89. The van der Waals surface area contributed by atoms with Crippen LogP contribution >= 0.6 is 11.6 Å². The summed E-state index contributed by atoms with van der Waals surface area (Å²) in [6.07, 6.45) is 0.583. The average molecular weight is 468 g/mol. The molecular formula is C20H22ClN3O6S. The Morgan fingerprint density at radius 1 is 0.968 bits per heavy atom. The minimum absolute atomic E-state index is 0.0134. The largest absolute Gasteiger partial charge is 0.490 e. The van der Waals surface area contributed by atoms with Crippen molar-refractivity contribution >= 4 is 39.1 Å². The fraction of sp³-hybridized carbons (Fsp3) is 0.300. The zero-order valence-electron chi connectivity index (χ0n) is 16.5. The molecule has 0 bridgehead atoms. The Bertz CT molecular complexity index is 1040. The maximum Gasteiger partial charge on any atom is 0.243 e. The van der Waals surface area contributed by atoms with E-state index in [1.807, 2.05) is 0 Å². The van der Waals surface area contributed by atoms with Crippen LogP contribution in [-0.4, -0.2) is 46.5 Å². The van der Waals surface area contributed by atoms with Crippen LogP contribution in [0.2, 0.25) is 5.02 Å². The Hall–Kier alpha value is -2.82. The zero-order valence-corrected chi connectivity index (χ0v) is 18.1. The maximum absolute atomic E-state index is 12.5. The highest BCUT2D eigenvalue weighted by Gasteiger charge is 2.19. The van der Waals surface area contributed by atoms with E-state index in [0.29, 0.717) is 41.8 Å². The molecule has 166 valence electrons. The molecule has 2 amide bonds. The SMILES string of the molecule is O=C(CCNS(=O)(=O)c1ccc2c(c1)OCCCO2)NCC(=O)Nc1ccc(Cl)cc1. The van der Waals surface area contributed by atoms with Gasteiger partial charge in [-0.05, 0) is 36.4 Å². The molecule has 0 saturated carbocycles. The number of carbonyl (C=O) groups is 2. The highest BCUT2D eigenvalue weighted by atomic mass is 35.5. The number of halogens is 1. The van der Waals surface area contributed by atoms with Gasteiger partial charge >= 0.3 is 0 Å². The van der Waals surface area contributed by atoms with Gasteiger partial charge in [-0.3, -0.25) is 9.59 Å². The lowest BCUT2D eigenvalue weighted by atomic mass is 10.3. The number of sulfonamides is 1. The van der Waals surface area contributed by atoms with Crippen molar-refractivity contribution < 1.29 is 27.5 Å². The van der Waals surface area contributed by atoms with Gasteiger partial charge in [0.05, 0.1) is 24.7 Å². The lowest BCUT2D eigenvalue weighted by molar-refractivity contribution is -0.124. The van der Waals surface area contributed by atoms with E-state index in [-0.39, 0.29) is 24.4 Å². The van der Waals surface area contributed by atoms with Crippen molar-refractivity contribution in [1.29, 1.82) is 0 Å². The fourth-order valence-electron chi connectivity index (χ4n) is 2.70. The molecule has 0 aliphatic carbocycles. The summed E-state index contributed by atoms with van der Waals surface area (Å²) < 4.78 is 38.3. The summed E-state index contributed by atoms with van der Waals surface area (Å²) in [5, 5.41) is 5.59. The number of amides is 2. The van der Waals surface area contributed by atoms with Gasteiger partial charge < -0.3 is 20.1 Å². The van der Waals surface area contributed by atoms with Crippen molar-refractivity contribution in [2.75, 3.05) is 31.6 Å². The second kappa shape index (κ2) is 10.5. The van der Waals surface area contributed by atoms with E-state index in [2.05, 4.69) is 15.4 Å².